The Bertz CT molecular complexity index is 1430. The molecular formula is C25H16N4O2. The maximum absolute atomic E-state index is 10.2. The van der Waals surface area contributed by atoms with Crippen molar-refractivity contribution < 1.29 is 10.2 Å². The Hall–Kier alpha value is -4.63. The molecule has 5 rings (SSSR count). The van der Waals surface area contributed by atoms with Crippen LogP contribution in [0.4, 0.5) is 0 Å². The molecule has 0 amide bonds. The monoisotopic (exact) mass is 404 g/mol. The Kier molecular flexibility index (Phi) is 4.35. The number of aromatic hydroxyl groups is 2. The van der Waals surface area contributed by atoms with Gasteiger partial charge in [0.25, 0.3) is 0 Å². The number of rotatable bonds is 3. The minimum absolute atomic E-state index is 0.133. The van der Waals surface area contributed by atoms with E-state index in [4.69, 9.17) is 4.98 Å². The number of hydrogen-bond acceptors (Lipinski definition) is 5. The number of nitriles is 1. The number of H-pyrrole nitrogens is 1. The van der Waals surface area contributed by atoms with Gasteiger partial charge in [0.2, 0.25) is 0 Å². The van der Waals surface area contributed by atoms with E-state index in [2.05, 4.69) is 16.3 Å². The first-order valence-electron chi connectivity index (χ1n) is 9.62. The molecule has 0 aliphatic carbocycles. The van der Waals surface area contributed by atoms with Gasteiger partial charge in [-0.05, 0) is 42.0 Å². The van der Waals surface area contributed by atoms with E-state index in [-0.39, 0.29) is 11.5 Å². The fourth-order valence-corrected chi connectivity index (χ4v) is 3.72. The molecule has 0 saturated carbocycles. The van der Waals surface area contributed by atoms with Crippen molar-refractivity contribution in [3.05, 3.63) is 84.4 Å². The maximum atomic E-state index is 10.2. The van der Waals surface area contributed by atoms with Gasteiger partial charge in [0.05, 0.1) is 22.3 Å². The summed E-state index contributed by atoms with van der Waals surface area (Å²) in [5.74, 6) is 0.273. The Morgan fingerprint density at radius 3 is 1.97 bits per heavy atom. The van der Waals surface area contributed by atoms with Gasteiger partial charge in [-0.3, -0.25) is 5.10 Å². The molecule has 31 heavy (non-hydrogen) atoms. The summed E-state index contributed by atoms with van der Waals surface area (Å²) in [6, 6.07) is 25.3. The molecule has 3 N–H and O–H groups in total. The summed E-state index contributed by atoms with van der Waals surface area (Å²) in [6.07, 6.45) is 0. The van der Waals surface area contributed by atoms with Crippen LogP contribution in [0.5, 0.6) is 11.5 Å². The SMILES string of the molecule is N#Cc1c(-c2ccc(O)cc2)nc2n[nH]c(-c3ccccc3)c2c1-c1ccc(O)cc1. The second-order valence-corrected chi connectivity index (χ2v) is 7.08. The fraction of sp³-hybridized carbons (Fsp3) is 0. The maximum Gasteiger partial charge on any atom is 0.182 e. The highest BCUT2D eigenvalue weighted by molar-refractivity contribution is 6.06. The zero-order valence-corrected chi connectivity index (χ0v) is 16.2. The molecular weight excluding hydrogens is 388 g/mol. The Balaban J connectivity index is 1.90. The van der Waals surface area contributed by atoms with E-state index in [0.717, 1.165) is 22.2 Å². The van der Waals surface area contributed by atoms with Crippen molar-refractivity contribution in [2.24, 2.45) is 0 Å². The van der Waals surface area contributed by atoms with Gasteiger partial charge in [-0.25, -0.2) is 4.98 Å². The highest BCUT2D eigenvalue weighted by Gasteiger charge is 2.22. The molecule has 0 aliphatic heterocycles. The number of hydrogen-bond donors (Lipinski definition) is 3. The van der Waals surface area contributed by atoms with Gasteiger partial charge < -0.3 is 10.2 Å². The summed E-state index contributed by atoms with van der Waals surface area (Å²) in [7, 11) is 0. The molecule has 148 valence electrons. The van der Waals surface area contributed by atoms with Crippen LogP contribution >= 0.6 is 0 Å². The van der Waals surface area contributed by atoms with Crippen LogP contribution in [0.2, 0.25) is 0 Å². The number of fused-ring (bicyclic) bond motifs is 1. The summed E-state index contributed by atoms with van der Waals surface area (Å²) in [5, 5.41) is 37.9. The van der Waals surface area contributed by atoms with Crippen molar-refractivity contribution in [3.63, 3.8) is 0 Å². The highest BCUT2D eigenvalue weighted by atomic mass is 16.3. The number of pyridine rings is 1. The number of nitrogens with zero attached hydrogens (tertiary/aromatic N) is 3. The molecule has 0 saturated heterocycles. The van der Waals surface area contributed by atoms with Crippen molar-refractivity contribution >= 4 is 11.0 Å². The number of aromatic nitrogens is 3. The van der Waals surface area contributed by atoms with E-state index < -0.39 is 0 Å². The third kappa shape index (κ3) is 3.15. The lowest BCUT2D eigenvalue weighted by Crippen LogP contribution is -1.96. The molecule has 0 spiro atoms. The van der Waals surface area contributed by atoms with Crippen molar-refractivity contribution in [3.8, 4) is 51.2 Å². The molecule has 0 radical (unpaired) electrons. The first kappa shape index (κ1) is 18.4. The number of nitrogens with one attached hydrogen (secondary N) is 1. The topological polar surface area (TPSA) is 106 Å². The summed E-state index contributed by atoms with van der Waals surface area (Å²) in [4.78, 5) is 4.70. The largest absolute Gasteiger partial charge is 0.508 e. The number of benzene rings is 3. The summed E-state index contributed by atoms with van der Waals surface area (Å²) in [5.41, 5.74) is 5.17. The standard InChI is InChI=1S/C25H16N4O2/c26-14-20-21(15-6-10-18(30)11-7-15)22-24(16-4-2-1-3-5-16)28-29-25(22)27-23(20)17-8-12-19(31)13-9-17/h1-13,30-31H,(H,27,28,29). The van der Waals surface area contributed by atoms with Gasteiger partial charge >= 0.3 is 0 Å². The van der Waals surface area contributed by atoms with Crippen LogP contribution in [0.1, 0.15) is 5.56 Å². The molecule has 0 unspecified atom stereocenters. The number of aromatic amines is 1. The van der Waals surface area contributed by atoms with Gasteiger partial charge in [0, 0.05) is 16.7 Å². The summed E-state index contributed by atoms with van der Waals surface area (Å²) in [6.45, 7) is 0. The Morgan fingerprint density at radius 1 is 0.742 bits per heavy atom. The van der Waals surface area contributed by atoms with Gasteiger partial charge in [-0.15, -0.1) is 0 Å². The molecule has 0 fully saturated rings. The quantitative estimate of drug-likeness (QED) is 0.381. The van der Waals surface area contributed by atoms with Crippen LogP contribution in [-0.4, -0.2) is 25.4 Å². The Morgan fingerprint density at radius 2 is 1.35 bits per heavy atom. The average Bonchev–Trinajstić information content (AvgIpc) is 3.23. The van der Waals surface area contributed by atoms with Gasteiger partial charge in [-0.2, -0.15) is 10.4 Å². The van der Waals surface area contributed by atoms with Crippen LogP contribution in [-0.2, 0) is 0 Å². The second-order valence-electron chi connectivity index (χ2n) is 7.08. The van der Waals surface area contributed by atoms with Crippen molar-refractivity contribution in [2.45, 2.75) is 0 Å². The second kappa shape index (κ2) is 7.32. The van der Waals surface area contributed by atoms with E-state index >= 15 is 0 Å². The minimum Gasteiger partial charge on any atom is -0.508 e. The van der Waals surface area contributed by atoms with E-state index in [1.807, 2.05) is 30.3 Å². The van der Waals surface area contributed by atoms with E-state index in [1.165, 1.54) is 0 Å². The summed E-state index contributed by atoms with van der Waals surface area (Å²) >= 11 is 0. The zero-order valence-electron chi connectivity index (χ0n) is 16.2. The van der Waals surface area contributed by atoms with Crippen molar-refractivity contribution in [1.82, 2.24) is 15.2 Å². The van der Waals surface area contributed by atoms with Crippen LogP contribution in [0, 0.1) is 11.3 Å². The predicted octanol–water partition coefficient (Wildman–Crippen LogP) is 5.24. The van der Waals surface area contributed by atoms with Gasteiger partial charge in [0.1, 0.15) is 17.6 Å². The minimum atomic E-state index is 0.133. The van der Waals surface area contributed by atoms with Gasteiger partial charge in [0.15, 0.2) is 5.65 Å². The molecule has 2 heterocycles. The number of phenols is 2. The molecule has 3 aromatic carbocycles. The van der Waals surface area contributed by atoms with E-state index in [0.29, 0.717) is 28.0 Å². The molecule has 2 aromatic heterocycles. The lowest BCUT2D eigenvalue weighted by molar-refractivity contribution is 0.475. The Labute approximate surface area is 177 Å². The molecule has 6 heteroatoms. The van der Waals surface area contributed by atoms with Crippen LogP contribution < -0.4 is 0 Å². The number of phenolic OH excluding ortho intramolecular Hbond substituents is 2. The van der Waals surface area contributed by atoms with Crippen LogP contribution in [0.3, 0.4) is 0 Å². The molecule has 0 aliphatic rings. The first-order valence-corrected chi connectivity index (χ1v) is 9.62. The predicted molar refractivity (Wildman–Crippen MR) is 118 cm³/mol. The van der Waals surface area contributed by atoms with Gasteiger partial charge in [-0.1, -0.05) is 42.5 Å². The smallest absolute Gasteiger partial charge is 0.182 e. The highest BCUT2D eigenvalue weighted by Crippen LogP contribution is 2.40. The average molecular weight is 404 g/mol. The lowest BCUT2D eigenvalue weighted by Gasteiger charge is -2.12. The van der Waals surface area contributed by atoms with Crippen LogP contribution in [0.25, 0.3) is 44.7 Å². The van der Waals surface area contributed by atoms with Crippen molar-refractivity contribution in [2.75, 3.05) is 0 Å². The third-order valence-corrected chi connectivity index (χ3v) is 5.17. The molecule has 0 bridgehead atoms. The molecule has 5 aromatic rings. The van der Waals surface area contributed by atoms with E-state index in [9.17, 15) is 15.5 Å². The first-order chi connectivity index (χ1) is 15.2. The lowest BCUT2D eigenvalue weighted by atomic mass is 9.92. The summed E-state index contributed by atoms with van der Waals surface area (Å²) < 4.78 is 0. The van der Waals surface area contributed by atoms with Crippen LogP contribution in [0.15, 0.2) is 78.9 Å². The molecule has 6 nitrogen and oxygen atoms in total. The zero-order chi connectivity index (χ0) is 21.4. The molecule has 0 atom stereocenters. The van der Waals surface area contributed by atoms with Crippen molar-refractivity contribution in [1.29, 1.82) is 5.26 Å². The normalized spacial score (nSPS) is 10.8. The third-order valence-electron chi connectivity index (χ3n) is 5.17. The fourth-order valence-electron chi connectivity index (χ4n) is 3.72. The van der Waals surface area contributed by atoms with E-state index in [1.54, 1.807) is 48.5 Å².